The molecule has 2 amide bonds. The van der Waals surface area contributed by atoms with E-state index in [9.17, 15) is 18.0 Å². The van der Waals surface area contributed by atoms with Gasteiger partial charge in [0, 0.05) is 32.6 Å². The molecule has 2 aromatic carbocycles. The quantitative estimate of drug-likeness (QED) is 0.683. The number of hydrogen-bond acceptors (Lipinski definition) is 6. The van der Waals surface area contributed by atoms with E-state index < -0.39 is 22.0 Å². The highest BCUT2D eigenvalue weighted by Crippen LogP contribution is 2.31. The van der Waals surface area contributed by atoms with Crippen LogP contribution in [0.4, 0.5) is 5.69 Å². The molecule has 0 radical (unpaired) electrons. The number of amides is 2. The fraction of sp³-hybridized carbons (Fsp3) is 0.391. The lowest BCUT2D eigenvalue weighted by Gasteiger charge is -2.38. The number of hydrogen-bond donors (Lipinski definition) is 0. The van der Waals surface area contributed by atoms with Crippen molar-refractivity contribution in [1.82, 2.24) is 9.21 Å². The van der Waals surface area contributed by atoms with Gasteiger partial charge < -0.3 is 14.5 Å². The molecule has 2 saturated heterocycles. The van der Waals surface area contributed by atoms with Gasteiger partial charge in [-0.15, -0.1) is 0 Å². The van der Waals surface area contributed by atoms with E-state index in [4.69, 9.17) is 4.74 Å². The monoisotopic (exact) mass is 457 g/mol. The molecule has 2 aliphatic heterocycles. The fourth-order valence-corrected chi connectivity index (χ4v) is 5.88. The molecule has 2 aromatic rings. The van der Waals surface area contributed by atoms with Gasteiger partial charge in [-0.05, 0) is 37.6 Å². The topological polar surface area (TPSA) is 87.2 Å². The highest BCUT2D eigenvalue weighted by Gasteiger charge is 2.45. The number of carbonyl (C=O) groups excluding carboxylic acids is 2. The molecule has 0 unspecified atom stereocenters. The predicted molar refractivity (Wildman–Crippen MR) is 120 cm³/mol. The first-order chi connectivity index (χ1) is 15.3. The van der Waals surface area contributed by atoms with Crippen LogP contribution in [0.25, 0.3) is 0 Å². The molecule has 32 heavy (non-hydrogen) atoms. The van der Waals surface area contributed by atoms with Crippen molar-refractivity contribution in [2.75, 3.05) is 38.2 Å². The van der Waals surface area contributed by atoms with Crippen LogP contribution in [0.15, 0.2) is 53.4 Å². The zero-order chi connectivity index (χ0) is 22.9. The molecule has 0 N–H and O–H groups in total. The summed E-state index contributed by atoms with van der Waals surface area (Å²) in [6, 6.07) is 13.0. The molecule has 2 fully saturated rings. The second-order valence-corrected chi connectivity index (χ2v) is 9.86. The number of nitrogens with zero attached hydrogens (tertiary/aromatic N) is 3. The number of methoxy groups -OCH3 is 1. The third-order valence-corrected chi connectivity index (χ3v) is 7.88. The summed E-state index contributed by atoms with van der Waals surface area (Å²) in [6.45, 7) is 3.93. The second-order valence-electron chi connectivity index (χ2n) is 8.05. The number of anilines is 1. The maximum absolute atomic E-state index is 13.3. The normalized spacial score (nSPS) is 19.4. The Kier molecular flexibility index (Phi) is 6.10. The van der Waals surface area contributed by atoms with Crippen LogP contribution in [0, 0.1) is 6.92 Å². The Morgan fingerprint density at radius 1 is 1.00 bits per heavy atom. The molecule has 0 spiro atoms. The van der Waals surface area contributed by atoms with Crippen LogP contribution < -0.4 is 9.64 Å². The van der Waals surface area contributed by atoms with Crippen molar-refractivity contribution in [1.29, 1.82) is 0 Å². The lowest BCUT2D eigenvalue weighted by atomic mass is 10.1. The van der Waals surface area contributed by atoms with Crippen molar-refractivity contribution in [3.05, 3.63) is 54.1 Å². The summed E-state index contributed by atoms with van der Waals surface area (Å²) in [5.74, 6) is -0.0770. The zero-order valence-electron chi connectivity index (χ0n) is 18.2. The van der Waals surface area contributed by atoms with E-state index in [0.29, 0.717) is 26.2 Å². The highest BCUT2D eigenvalue weighted by atomic mass is 32.2. The smallest absolute Gasteiger partial charge is 0.267 e. The Bertz CT molecular complexity index is 1110. The molecule has 9 heteroatoms. The molecule has 1 atom stereocenters. The molecule has 2 aliphatic rings. The first-order valence-electron chi connectivity index (χ1n) is 10.6. The van der Waals surface area contributed by atoms with Crippen LogP contribution in [0.1, 0.15) is 18.4 Å². The number of ether oxygens (including phenoxy) is 1. The van der Waals surface area contributed by atoms with E-state index in [2.05, 4.69) is 4.90 Å². The van der Waals surface area contributed by atoms with Crippen LogP contribution in [0.3, 0.4) is 0 Å². The number of aryl methyl sites for hydroxylation is 1. The standard InChI is InChI=1S/C23H27N3O5S/c1-17-7-9-18(10-8-17)32(29,30)26-20(11-12-22(26)27)23(28)25-15-13-24(14-16-25)19-5-3-4-6-21(19)31-2/h3-10,20H,11-16H2,1-2H3/t20-/m1/s1. The minimum Gasteiger partial charge on any atom is -0.495 e. The van der Waals surface area contributed by atoms with Crippen LogP contribution in [-0.4, -0.2) is 68.8 Å². The SMILES string of the molecule is COc1ccccc1N1CCN(C(=O)[C@H]2CCC(=O)N2S(=O)(=O)c2ccc(C)cc2)CC1. The van der Waals surface area contributed by atoms with Gasteiger partial charge in [-0.3, -0.25) is 9.59 Å². The zero-order valence-corrected chi connectivity index (χ0v) is 19.0. The van der Waals surface area contributed by atoms with E-state index in [-0.39, 0.29) is 23.6 Å². The Balaban J connectivity index is 1.49. The summed E-state index contributed by atoms with van der Waals surface area (Å²) >= 11 is 0. The molecule has 4 rings (SSSR count). The van der Waals surface area contributed by atoms with Gasteiger partial charge in [-0.1, -0.05) is 29.8 Å². The van der Waals surface area contributed by atoms with Crippen molar-refractivity contribution in [2.24, 2.45) is 0 Å². The molecule has 170 valence electrons. The summed E-state index contributed by atoms with van der Waals surface area (Å²) < 4.78 is 32.6. The summed E-state index contributed by atoms with van der Waals surface area (Å²) in [4.78, 5) is 29.6. The number of benzene rings is 2. The molecule has 0 saturated carbocycles. The molecule has 0 aromatic heterocycles. The number of sulfonamides is 1. The van der Waals surface area contributed by atoms with Crippen LogP contribution >= 0.6 is 0 Å². The number of para-hydroxylation sites is 2. The molecular weight excluding hydrogens is 430 g/mol. The number of carbonyl (C=O) groups is 2. The summed E-state index contributed by atoms with van der Waals surface area (Å²) in [5.41, 5.74) is 1.87. The van der Waals surface area contributed by atoms with Gasteiger partial charge in [-0.2, -0.15) is 0 Å². The fourth-order valence-electron chi connectivity index (χ4n) is 4.28. The first kappa shape index (κ1) is 22.1. The number of piperazine rings is 1. The van der Waals surface area contributed by atoms with Crippen molar-refractivity contribution in [2.45, 2.75) is 30.7 Å². The Labute approximate surface area is 188 Å². The minimum atomic E-state index is -4.09. The summed E-state index contributed by atoms with van der Waals surface area (Å²) in [6.07, 6.45) is 0.248. The first-order valence-corrected chi connectivity index (χ1v) is 12.1. The van der Waals surface area contributed by atoms with Gasteiger partial charge in [0.2, 0.25) is 11.8 Å². The third kappa shape index (κ3) is 4.04. The maximum Gasteiger partial charge on any atom is 0.267 e. The Morgan fingerprint density at radius 2 is 1.66 bits per heavy atom. The van der Waals surface area contributed by atoms with Crippen molar-refractivity contribution < 1.29 is 22.7 Å². The van der Waals surface area contributed by atoms with Crippen LogP contribution in [-0.2, 0) is 19.6 Å². The molecule has 2 heterocycles. The van der Waals surface area contributed by atoms with E-state index >= 15 is 0 Å². The van der Waals surface area contributed by atoms with E-state index in [0.717, 1.165) is 21.3 Å². The van der Waals surface area contributed by atoms with E-state index in [1.807, 2.05) is 31.2 Å². The van der Waals surface area contributed by atoms with Crippen molar-refractivity contribution in [3.63, 3.8) is 0 Å². The molecule has 0 bridgehead atoms. The van der Waals surface area contributed by atoms with E-state index in [1.54, 1.807) is 24.1 Å². The Morgan fingerprint density at radius 3 is 2.31 bits per heavy atom. The van der Waals surface area contributed by atoms with Gasteiger partial charge in [-0.25, -0.2) is 12.7 Å². The molecular formula is C23H27N3O5S. The van der Waals surface area contributed by atoms with Crippen molar-refractivity contribution >= 4 is 27.5 Å². The van der Waals surface area contributed by atoms with E-state index in [1.165, 1.54) is 12.1 Å². The predicted octanol–water partition coefficient (Wildman–Crippen LogP) is 2.03. The van der Waals surface area contributed by atoms with Gasteiger partial charge in [0.05, 0.1) is 17.7 Å². The van der Waals surface area contributed by atoms with Gasteiger partial charge in [0.15, 0.2) is 0 Å². The minimum absolute atomic E-state index is 0.0251. The van der Waals surface area contributed by atoms with Gasteiger partial charge in [0.25, 0.3) is 10.0 Å². The largest absolute Gasteiger partial charge is 0.495 e. The Hall–Kier alpha value is -3.07. The van der Waals surface area contributed by atoms with Crippen LogP contribution in [0.2, 0.25) is 0 Å². The third-order valence-electron chi connectivity index (χ3n) is 6.04. The molecule has 0 aliphatic carbocycles. The van der Waals surface area contributed by atoms with Crippen LogP contribution in [0.5, 0.6) is 5.75 Å². The highest BCUT2D eigenvalue weighted by molar-refractivity contribution is 7.89. The van der Waals surface area contributed by atoms with Crippen molar-refractivity contribution in [3.8, 4) is 5.75 Å². The molecule has 8 nitrogen and oxygen atoms in total. The number of rotatable bonds is 5. The average molecular weight is 458 g/mol. The lowest BCUT2D eigenvalue weighted by Crippen LogP contribution is -2.55. The second kappa shape index (κ2) is 8.82. The van der Waals surface area contributed by atoms with Gasteiger partial charge >= 0.3 is 0 Å². The average Bonchev–Trinajstić information content (AvgIpc) is 3.21. The van der Waals surface area contributed by atoms with Gasteiger partial charge in [0.1, 0.15) is 11.8 Å². The lowest BCUT2D eigenvalue weighted by molar-refractivity contribution is -0.138. The summed E-state index contributed by atoms with van der Waals surface area (Å²) in [7, 11) is -2.47. The summed E-state index contributed by atoms with van der Waals surface area (Å²) in [5, 5.41) is 0. The maximum atomic E-state index is 13.3.